The van der Waals surface area contributed by atoms with Gasteiger partial charge in [-0.3, -0.25) is 18.7 Å². The molecule has 1 atom stereocenters. The van der Waals surface area contributed by atoms with E-state index < -0.39 is 34.7 Å². The Labute approximate surface area is 242 Å². The fourth-order valence-electron chi connectivity index (χ4n) is 5.09. The maximum absolute atomic E-state index is 13.8. The number of halogens is 4. The standard InChI is InChI=1S/C28H28ClF3N4O6/c1-3-12-27(25(39)40,18-6-4-7-20(15-18)42-28(30,31)32)24-33-22-21(36(24)16-17-8-10-19(29)11-9-17)23(38)35(13-5-14-37)26(41)34(22)2/h4,6-11,15,37H,3,5,12-14,16H2,1-2H3,(H,39,40). The molecule has 0 saturated carbocycles. The van der Waals surface area contributed by atoms with Gasteiger partial charge < -0.3 is 19.5 Å². The van der Waals surface area contributed by atoms with Gasteiger partial charge in [-0.15, -0.1) is 13.2 Å². The van der Waals surface area contributed by atoms with E-state index in [1.165, 1.54) is 23.7 Å². The molecular weight excluding hydrogens is 581 g/mol. The molecule has 0 spiro atoms. The minimum absolute atomic E-state index is 0.0585. The molecule has 2 N–H and O–H groups in total. The van der Waals surface area contributed by atoms with Crippen LogP contribution in [-0.4, -0.2) is 47.8 Å². The van der Waals surface area contributed by atoms with Gasteiger partial charge in [0, 0.05) is 31.8 Å². The van der Waals surface area contributed by atoms with Crippen LogP contribution in [0.25, 0.3) is 11.2 Å². The molecule has 1 unspecified atom stereocenters. The molecule has 224 valence electrons. The molecule has 0 aliphatic rings. The van der Waals surface area contributed by atoms with E-state index in [0.717, 1.165) is 21.3 Å². The predicted octanol–water partition coefficient (Wildman–Crippen LogP) is 4.05. The lowest BCUT2D eigenvalue weighted by atomic mass is 9.75. The number of imidazole rings is 1. The zero-order valence-corrected chi connectivity index (χ0v) is 23.4. The Morgan fingerprint density at radius 2 is 1.79 bits per heavy atom. The molecule has 2 heterocycles. The highest BCUT2D eigenvalue weighted by molar-refractivity contribution is 6.30. The Balaban J connectivity index is 2.12. The van der Waals surface area contributed by atoms with Crippen molar-refractivity contribution in [3.05, 3.63) is 91.3 Å². The van der Waals surface area contributed by atoms with Crippen LogP contribution >= 0.6 is 11.6 Å². The van der Waals surface area contributed by atoms with Crippen LogP contribution in [0.1, 0.15) is 43.1 Å². The third-order valence-electron chi connectivity index (χ3n) is 6.96. The highest BCUT2D eigenvalue weighted by Gasteiger charge is 2.47. The van der Waals surface area contributed by atoms with E-state index in [4.69, 9.17) is 11.6 Å². The fourth-order valence-corrected chi connectivity index (χ4v) is 5.22. The molecule has 0 fully saturated rings. The van der Waals surface area contributed by atoms with Gasteiger partial charge in [0.15, 0.2) is 16.6 Å². The molecule has 0 radical (unpaired) electrons. The molecule has 2 aromatic carbocycles. The van der Waals surface area contributed by atoms with Crippen LogP contribution in [0.3, 0.4) is 0 Å². The van der Waals surface area contributed by atoms with Crippen molar-refractivity contribution in [2.75, 3.05) is 6.61 Å². The molecule has 42 heavy (non-hydrogen) atoms. The highest BCUT2D eigenvalue weighted by Crippen LogP contribution is 2.40. The molecule has 14 heteroatoms. The number of alkyl halides is 3. The number of hydrogen-bond acceptors (Lipinski definition) is 6. The van der Waals surface area contributed by atoms with Gasteiger partial charge in [-0.2, -0.15) is 0 Å². The third kappa shape index (κ3) is 5.79. The van der Waals surface area contributed by atoms with Crippen molar-refractivity contribution in [2.24, 2.45) is 7.05 Å². The van der Waals surface area contributed by atoms with Crippen molar-refractivity contribution in [1.82, 2.24) is 18.7 Å². The number of aryl methyl sites for hydroxylation is 1. The Kier molecular flexibility index (Phi) is 8.83. The smallest absolute Gasteiger partial charge is 0.480 e. The van der Waals surface area contributed by atoms with E-state index >= 15 is 0 Å². The third-order valence-corrected chi connectivity index (χ3v) is 7.21. The number of aromatic nitrogens is 4. The lowest BCUT2D eigenvalue weighted by molar-refractivity contribution is -0.274. The lowest BCUT2D eigenvalue weighted by Gasteiger charge is -2.30. The number of aliphatic hydroxyl groups excluding tert-OH is 1. The minimum atomic E-state index is -5.02. The summed E-state index contributed by atoms with van der Waals surface area (Å²) in [7, 11) is 1.38. The normalized spacial score (nSPS) is 13.3. The number of carboxylic acid groups (broad SMARTS) is 1. The number of benzene rings is 2. The van der Waals surface area contributed by atoms with Crippen molar-refractivity contribution in [3.63, 3.8) is 0 Å². The highest BCUT2D eigenvalue weighted by atomic mass is 35.5. The summed E-state index contributed by atoms with van der Waals surface area (Å²) in [6.45, 7) is 1.25. The van der Waals surface area contributed by atoms with E-state index in [1.807, 2.05) is 0 Å². The summed E-state index contributed by atoms with van der Waals surface area (Å²) in [4.78, 5) is 44.7. The summed E-state index contributed by atoms with van der Waals surface area (Å²) < 4.78 is 46.7. The molecule has 10 nitrogen and oxygen atoms in total. The predicted molar refractivity (Wildman–Crippen MR) is 148 cm³/mol. The molecule has 4 rings (SSSR count). The number of aliphatic hydroxyl groups is 1. The average Bonchev–Trinajstić information content (AvgIpc) is 3.30. The summed E-state index contributed by atoms with van der Waals surface area (Å²) in [6.07, 6.45) is -4.76. The monoisotopic (exact) mass is 608 g/mol. The SMILES string of the molecule is CCCC(C(=O)O)(c1cccc(OC(F)(F)F)c1)c1nc2c(c(=O)n(CCCO)c(=O)n2C)n1Cc1ccc(Cl)cc1. The van der Waals surface area contributed by atoms with Crippen molar-refractivity contribution >= 4 is 28.7 Å². The van der Waals surface area contributed by atoms with Gasteiger partial charge in [0.05, 0.1) is 0 Å². The Morgan fingerprint density at radius 1 is 1.10 bits per heavy atom. The maximum atomic E-state index is 13.8. The molecule has 0 aliphatic heterocycles. The molecule has 0 aliphatic carbocycles. The van der Waals surface area contributed by atoms with Crippen LogP contribution in [0.15, 0.2) is 58.1 Å². The molecule has 4 aromatic rings. The zero-order chi connectivity index (χ0) is 30.8. The first-order valence-electron chi connectivity index (χ1n) is 13.0. The van der Waals surface area contributed by atoms with Crippen molar-refractivity contribution < 1.29 is 32.9 Å². The van der Waals surface area contributed by atoms with Crippen LogP contribution in [-0.2, 0) is 30.3 Å². The summed E-state index contributed by atoms with van der Waals surface area (Å²) in [6, 6.07) is 11.2. The number of nitrogens with zero attached hydrogens (tertiary/aromatic N) is 4. The Bertz CT molecular complexity index is 1730. The van der Waals surface area contributed by atoms with Crippen LogP contribution in [0, 0.1) is 0 Å². The second kappa shape index (κ2) is 12.0. The minimum Gasteiger partial charge on any atom is -0.480 e. The van der Waals surface area contributed by atoms with Crippen molar-refractivity contribution in [1.29, 1.82) is 0 Å². The summed E-state index contributed by atoms with van der Waals surface area (Å²) in [5.74, 6) is -2.20. The maximum Gasteiger partial charge on any atom is 0.573 e. The van der Waals surface area contributed by atoms with E-state index in [-0.39, 0.29) is 61.5 Å². The molecule has 0 amide bonds. The van der Waals surface area contributed by atoms with Gasteiger partial charge in [0.2, 0.25) is 0 Å². The van der Waals surface area contributed by atoms with Gasteiger partial charge >= 0.3 is 18.0 Å². The number of aliphatic carboxylic acids is 1. The van der Waals surface area contributed by atoms with Crippen molar-refractivity contribution in [2.45, 2.75) is 51.1 Å². The zero-order valence-electron chi connectivity index (χ0n) is 22.7. The van der Waals surface area contributed by atoms with Gasteiger partial charge in [-0.25, -0.2) is 9.78 Å². The van der Waals surface area contributed by atoms with Gasteiger partial charge in [0.25, 0.3) is 5.56 Å². The number of hydrogen-bond donors (Lipinski definition) is 2. The van der Waals surface area contributed by atoms with Crippen LogP contribution in [0.5, 0.6) is 5.75 Å². The topological polar surface area (TPSA) is 129 Å². The fraction of sp³-hybridized carbons (Fsp3) is 0.357. The van der Waals surface area contributed by atoms with Gasteiger partial charge in [-0.1, -0.05) is 49.2 Å². The first-order valence-corrected chi connectivity index (χ1v) is 13.4. The first-order chi connectivity index (χ1) is 19.8. The quantitative estimate of drug-likeness (QED) is 0.263. The Morgan fingerprint density at radius 3 is 2.38 bits per heavy atom. The average molecular weight is 609 g/mol. The summed E-state index contributed by atoms with van der Waals surface area (Å²) >= 11 is 6.05. The number of ether oxygens (including phenoxy) is 1. The number of carbonyl (C=O) groups is 1. The van der Waals surface area contributed by atoms with E-state index in [0.29, 0.717) is 10.6 Å². The number of rotatable bonds is 11. The van der Waals surface area contributed by atoms with E-state index in [9.17, 15) is 37.8 Å². The number of fused-ring (bicyclic) bond motifs is 1. The van der Waals surface area contributed by atoms with Crippen LogP contribution in [0.2, 0.25) is 5.02 Å². The second-order valence-corrected chi connectivity index (χ2v) is 10.2. The lowest BCUT2D eigenvalue weighted by Crippen LogP contribution is -2.41. The first kappa shape index (κ1) is 30.8. The Hall–Kier alpha value is -4.10. The second-order valence-electron chi connectivity index (χ2n) is 9.73. The van der Waals surface area contributed by atoms with Crippen LogP contribution in [0.4, 0.5) is 13.2 Å². The molecule has 0 saturated heterocycles. The largest absolute Gasteiger partial charge is 0.573 e. The summed E-state index contributed by atoms with van der Waals surface area (Å²) in [5, 5.41) is 20.5. The van der Waals surface area contributed by atoms with E-state index in [2.05, 4.69) is 9.72 Å². The van der Waals surface area contributed by atoms with E-state index in [1.54, 1.807) is 31.2 Å². The van der Waals surface area contributed by atoms with Crippen molar-refractivity contribution in [3.8, 4) is 5.75 Å². The van der Waals surface area contributed by atoms with Crippen LogP contribution < -0.4 is 16.0 Å². The van der Waals surface area contributed by atoms with Gasteiger partial charge in [-0.05, 0) is 48.2 Å². The molecule has 2 aromatic heterocycles. The molecule has 0 bridgehead atoms. The summed E-state index contributed by atoms with van der Waals surface area (Å²) in [5.41, 5.74) is -3.15. The van der Waals surface area contributed by atoms with Gasteiger partial charge in [0.1, 0.15) is 11.6 Å². The molecular formula is C28H28ClF3N4O6. The number of carboxylic acids is 1.